The Kier molecular flexibility index (Phi) is 10.7. The van der Waals surface area contributed by atoms with Gasteiger partial charge in [0.1, 0.15) is 6.29 Å². The van der Waals surface area contributed by atoms with E-state index in [1.54, 1.807) is 20.0 Å². The number of amides is 1. The smallest absolute Gasteiger partial charge is 0.431 e. The molecule has 0 saturated carbocycles. The van der Waals surface area contributed by atoms with Crippen molar-refractivity contribution >= 4 is 23.4 Å². The zero-order valence-corrected chi connectivity index (χ0v) is 26.7. The van der Waals surface area contributed by atoms with Crippen LogP contribution in [-0.4, -0.2) is 85.3 Å². The van der Waals surface area contributed by atoms with Gasteiger partial charge in [-0.15, -0.1) is 0 Å². The summed E-state index contributed by atoms with van der Waals surface area (Å²) in [5.74, 6) is -0.149. The van der Waals surface area contributed by atoms with Gasteiger partial charge in [-0.2, -0.15) is 0 Å². The van der Waals surface area contributed by atoms with Gasteiger partial charge >= 0.3 is 6.16 Å². The maximum absolute atomic E-state index is 13.1. The van der Waals surface area contributed by atoms with Crippen molar-refractivity contribution in [2.45, 2.75) is 52.2 Å². The average molecular weight is 617 g/mol. The molecule has 1 amide bonds. The summed E-state index contributed by atoms with van der Waals surface area (Å²) in [6.45, 7) is 11.2. The summed E-state index contributed by atoms with van der Waals surface area (Å²) >= 11 is 0. The van der Waals surface area contributed by atoms with Gasteiger partial charge in [0.15, 0.2) is 0 Å². The van der Waals surface area contributed by atoms with Crippen LogP contribution in [0.5, 0.6) is 0 Å². The quantitative estimate of drug-likeness (QED) is 0.194. The number of carbonyl (C=O) groups excluding carboxylic acids is 2. The van der Waals surface area contributed by atoms with Gasteiger partial charge in [0, 0.05) is 61.6 Å². The molecule has 0 aliphatic carbocycles. The van der Waals surface area contributed by atoms with Crippen LogP contribution < -0.4 is 21.3 Å². The van der Waals surface area contributed by atoms with Gasteiger partial charge in [-0.25, -0.2) is 4.79 Å². The third-order valence-electron chi connectivity index (χ3n) is 8.39. The number of nitrogens with zero attached hydrogens (tertiary/aromatic N) is 3. The van der Waals surface area contributed by atoms with Gasteiger partial charge in [-0.05, 0) is 74.2 Å². The minimum Gasteiger partial charge on any atom is -0.431 e. The molecule has 11 heteroatoms. The molecule has 0 spiro atoms. The Morgan fingerprint density at radius 1 is 1.11 bits per heavy atom. The molecule has 2 aromatic carbocycles. The molecular weight excluding hydrogens is 570 g/mol. The number of likely N-dealkylation sites (N-methyl/N-ethyl adjacent to an activating group) is 1. The molecule has 0 bridgehead atoms. The van der Waals surface area contributed by atoms with E-state index in [9.17, 15) is 9.59 Å². The topological polar surface area (TPSA) is 117 Å². The van der Waals surface area contributed by atoms with Crippen LogP contribution in [-0.2, 0) is 16.0 Å². The van der Waals surface area contributed by atoms with E-state index in [0.29, 0.717) is 16.8 Å². The molecule has 11 nitrogen and oxygen atoms in total. The summed E-state index contributed by atoms with van der Waals surface area (Å²) < 4.78 is 11.1. The number of hydrogen-bond donors (Lipinski definition) is 4. The minimum atomic E-state index is -0.611. The number of quaternary nitrogens is 1. The summed E-state index contributed by atoms with van der Waals surface area (Å²) in [5.41, 5.74) is 5.68. The fraction of sp³-hybridized carbons (Fsp3) is 0.441. The van der Waals surface area contributed by atoms with Crippen LogP contribution >= 0.6 is 0 Å². The summed E-state index contributed by atoms with van der Waals surface area (Å²) in [4.78, 5) is 31.5. The number of anilines is 2. The first kappa shape index (κ1) is 32.4. The second kappa shape index (κ2) is 14.8. The van der Waals surface area contributed by atoms with Gasteiger partial charge in [0.05, 0.1) is 26.2 Å². The molecule has 5 rings (SSSR count). The number of aromatic nitrogens is 1. The predicted molar refractivity (Wildman–Crippen MR) is 174 cm³/mol. The Balaban J connectivity index is 1.10. The van der Waals surface area contributed by atoms with E-state index in [1.807, 2.05) is 61.7 Å². The third kappa shape index (κ3) is 9.24. The number of benzene rings is 2. The number of rotatable bonds is 10. The molecule has 2 unspecified atom stereocenters. The van der Waals surface area contributed by atoms with E-state index >= 15 is 0 Å². The zero-order valence-electron chi connectivity index (χ0n) is 26.7. The third-order valence-corrected chi connectivity index (χ3v) is 8.39. The van der Waals surface area contributed by atoms with E-state index in [4.69, 9.17) is 9.47 Å². The molecule has 4 N–H and O–H groups in total. The minimum absolute atomic E-state index is 0.115. The Morgan fingerprint density at radius 2 is 1.89 bits per heavy atom. The number of hydrogen-bond acceptors (Lipinski definition) is 9. The lowest BCUT2D eigenvalue weighted by atomic mass is 10.0. The second-order valence-corrected chi connectivity index (χ2v) is 12.5. The molecule has 2 aliphatic heterocycles. The van der Waals surface area contributed by atoms with Gasteiger partial charge in [0.2, 0.25) is 6.73 Å². The van der Waals surface area contributed by atoms with Crippen molar-refractivity contribution in [1.82, 2.24) is 20.5 Å². The summed E-state index contributed by atoms with van der Waals surface area (Å²) in [6, 6.07) is 18.0. The van der Waals surface area contributed by atoms with Crippen molar-refractivity contribution < 1.29 is 23.5 Å². The highest BCUT2D eigenvalue weighted by molar-refractivity contribution is 6.04. The molecule has 2 fully saturated rings. The molecular formula is C34H46N7O4+. The lowest BCUT2D eigenvalue weighted by Gasteiger charge is -2.41. The van der Waals surface area contributed by atoms with Crippen LogP contribution in [0.2, 0.25) is 0 Å². The van der Waals surface area contributed by atoms with E-state index in [2.05, 4.69) is 44.3 Å². The fourth-order valence-corrected chi connectivity index (χ4v) is 5.60. The number of ether oxygens (including phenoxy) is 2. The molecule has 3 aromatic rings. The maximum atomic E-state index is 13.1. The van der Waals surface area contributed by atoms with Crippen LogP contribution in [0.15, 0.2) is 67.0 Å². The fourth-order valence-electron chi connectivity index (χ4n) is 5.60. The summed E-state index contributed by atoms with van der Waals surface area (Å²) in [6.07, 6.45) is 3.75. The number of nitrogens with one attached hydrogen (secondary N) is 4. The van der Waals surface area contributed by atoms with Crippen LogP contribution in [0.4, 0.5) is 16.2 Å². The molecule has 3 heterocycles. The van der Waals surface area contributed by atoms with Crippen molar-refractivity contribution in [3.63, 3.8) is 0 Å². The molecule has 2 saturated heterocycles. The lowest BCUT2D eigenvalue weighted by molar-refractivity contribution is -0.929. The number of piperazine rings is 1. The molecule has 45 heavy (non-hydrogen) atoms. The second-order valence-electron chi connectivity index (χ2n) is 12.5. The monoisotopic (exact) mass is 616 g/mol. The van der Waals surface area contributed by atoms with Crippen LogP contribution in [0.3, 0.4) is 0 Å². The average Bonchev–Trinajstić information content (AvgIpc) is 3.03. The normalized spacial score (nSPS) is 19.9. The van der Waals surface area contributed by atoms with Gasteiger partial charge in [0.25, 0.3) is 5.91 Å². The van der Waals surface area contributed by atoms with E-state index < -0.39 is 6.16 Å². The Hall–Kier alpha value is -4.03. The largest absolute Gasteiger partial charge is 0.512 e. The molecule has 240 valence electrons. The van der Waals surface area contributed by atoms with E-state index in [1.165, 1.54) is 5.56 Å². The highest BCUT2D eigenvalue weighted by Gasteiger charge is 2.30. The number of pyridine rings is 1. The van der Waals surface area contributed by atoms with Crippen molar-refractivity contribution in [2.75, 3.05) is 57.1 Å². The zero-order chi connectivity index (χ0) is 31.8. The first-order valence-electron chi connectivity index (χ1n) is 15.7. The molecule has 1 aromatic heterocycles. The molecule has 2 aliphatic rings. The lowest BCUT2D eigenvalue weighted by Crippen LogP contribution is -2.58. The van der Waals surface area contributed by atoms with Crippen molar-refractivity contribution in [2.24, 2.45) is 0 Å². The Morgan fingerprint density at radius 3 is 2.60 bits per heavy atom. The predicted octanol–water partition coefficient (Wildman–Crippen LogP) is 4.44. The van der Waals surface area contributed by atoms with E-state index in [-0.39, 0.29) is 24.3 Å². The van der Waals surface area contributed by atoms with Gasteiger partial charge < -0.3 is 20.1 Å². The summed E-state index contributed by atoms with van der Waals surface area (Å²) in [7, 11) is 2.10. The standard InChI is InChI=1S/C34H45N7O4/c1-24(2)45-34(43)44-23-41(4)18-16-40(17-19-41)22-26-8-10-27(11-9-26)32(42)37-29-12-7-25(3)31(20-29)39-33-36-15-13-30(38-33)28-6-5-14-35-21-28/h5-12,14,20-21,24,30,33,36,38-39H,13,15-19,22-23H2,1-4H3/p+1. The number of carbonyl (C=O) groups is 2. The first-order chi connectivity index (χ1) is 21.7. The highest BCUT2D eigenvalue weighted by Crippen LogP contribution is 2.24. The Bertz CT molecular complexity index is 1430. The Labute approximate surface area is 265 Å². The molecule has 2 atom stereocenters. The summed E-state index contributed by atoms with van der Waals surface area (Å²) in [5, 5.41) is 13.7. The van der Waals surface area contributed by atoms with Crippen LogP contribution in [0.25, 0.3) is 0 Å². The van der Waals surface area contributed by atoms with Gasteiger partial charge in [-0.1, -0.05) is 24.3 Å². The SMILES string of the molecule is Cc1ccc(NC(=O)c2ccc(CN3CC[N+](C)(COC(=O)OC(C)C)CC3)cc2)cc1NC1NCCC(c2cccnc2)N1. The number of aryl methyl sites for hydroxylation is 1. The molecule has 0 radical (unpaired) electrons. The van der Waals surface area contributed by atoms with E-state index in [0.717, 1.165) is 68.2 Å². The van der Waals surface area contributed by atoms with Crippen LogP contribution in [0, 0.1) is 6.92 Å². The van der Waals surface area contributed by atoms with Gasteiger partial charge in [-0.3, -0.25) is 29.8 Å². The highest BCUT2D eigenvalue weighted by atomic mass is 16.7. The maximum Gasteiger partial charge on any atom is 0.512 e. The first-order valence-corrected chi connectivity index (χ1v) is 15.7. The van der Waals surface area contributed by atoms with Crippen molar-refractivity contribution in [1.29, 1.82) is 0 Å². The van der Waals surface area contributed by atoms with Crippen molar-refractivity contribution in [3.05, 3.63) is 89.2 Å². The van der Waals surface area contributed by atoms with Crippen molar-refractivity contribution in [3.8, 4) is 0 Å². The van der Waals surface area contributed by atoms with Crippen LogP contribution in [0.1, 0.15) is 53.4 Å².